The number of rotatable bonds is 6. The van der Waals surface area contributed by atoms with E-state index in [1.807, 2.05) is 24.3 Å². The molecule has 0 aliphatic heterocycles. The van der Waals surface area contributed by atoms with Crippen molar-refractivity contribution in [2.45, 2.75) is 25.8 Å². The number of halogens is 1. The summed E-state index contributed by atoms with van der Waals surface area (Å²) in [6.45, 7) is 2.13. The van der Waals surface area contributed by atoms with Crippen LogP contribution in [0.5, 0.6) is 5.75 Å². The highest BCUT2D eigenvalue weighted by Crippen LogP contribution is 2.13. The molecular formula is C14H18ClNO3. The summed E-state index contributed by atoms with van der Waals surface area (Å²) in [6.07, 6.45) is 0.520. The summed E-state index contributed by atoms with van der Waals surface area (Å²) in [5, 5.41) is 8.61. The van der Waals surface area contributed by atoms with Crippen LogP contribution in [-0.2, 0) is 11.2 Å². The highest BCUT2D eigenvalue weighted by atomic mass is 35.5. The summed E-state index contributed by atoms with van der Waals surface area (Å²) in [4.78, 5) is 10.5. The van der Waals surface area contributed by atoms with E-state index in [1.165, 1.54) is 0 Å². The van der Waals surface area contributed by atoms with E-state index in [2.05, 4.69) is 11.8 Å². The molecule has 0 aromatic heterocycles. The van der Waals surface area contributed by atoms with Crippen molar-refractivity contribution in [3.05, 3.63) is 29.8 Å². The van der Waals surface area contributed by atoms with E-state index < -0.39 is 5.97 Å². The molecule has 0 saturated carbocycles. The quantitative estimate of drug-likeness (QED) is 0.782. The van der Waals surface area contributed by atoms with Crippen molar-refractivity contribution in [3.8, 4) is 17.6 Å². The van der Waals surface area contributed by atoms with Gasteiger partial charge >= 0.3 is 5.97 Å². The van der Waals surface area contributed by atoms with Crippen LogP contribution >= 0.6 is 12.4 Å². The summed E-state index contributed by atoms with van der Waals surface area (Å²) in [5.41, 5.74) is 6.71. The zero-order valence-corrected chi connectivity index (χ0v) is 11.6. The highest BCUT2D eigenvalue weighted by molar-refractivity contribution is 5.85. The summed E-state index contributed by atoms with van der Waals surface area (Å²) in [5.74, 6) is 5.42. The monoisotopic (exact) mass is 283 g/mol. The van der Waals surface area contributed by atoms with Gasteiger partial charge in [-0.2, -0.15) is 0 Å². The Hall–Kier alpha value is -1.70. The molecule has 1 aromatic carbocycles. The Morgan fingerprint density at radius 1 is 1.42 bits per heavy atom. The van der Waals surface area contributed by atoms with E-state index in [4.69, 9.17) is 15.6 Å². The number of carboxylic acids is 1. The SMILES string of the molecule is CC#CCOc1ccc(C[C@H](N)CC(=O)O)cc1.Cl. The largest absolute Gasteiger partial charge is 0.481 e. The summed E-state index contributed by atoms with van der Waals surface area (Å²) in [6, 6.07) is 7.08. The van der Waals surface area contributed by atoms with E-state index in [-0.39, 0.29) is 24.9 Å². The zero-order valence-electron chi connectivity index (χ0n) is 10.8. The standard InChI is InChI=1S/C14H17NO3.ClH/c1-2-3-8-18-13-6-4-11(5-7-13)9-12(15)10-14(16)17;/h4-7,12H,8-10,15H2,1H3,(H,16,17);1H/t12-;/m0./s1. The Kier molecular flexibility index (Phi) is 8.43. The van der Waals surface area contributed by atoms with E-state index in [9.17, 15) is 4.79 Å². The predicted molar refractivity (Wildman–Crippen MR) is 76.6 cm³/mol. The van der Waals surface area contributed by atoms with Crippen LogP contribution in [0.15, 0.2) is 24.3 Å². The van der Waals surface area contributed by atoms with Gasteiger partial charge in [0.2, 0.25) is 0 Å². The molecule has 0 amide bonds. The summed E-state index contributed by atoms with van der Waals surface area (Å²) >= 11 is 0. The average molecular weight is 284 g/mol. The van der Waals surface area contributed by atoms with Gasteiger partial charge < -0.3 is 15.6 Å². The molecule has 0 spiro atoms. The fraction of sp³-hybridized carbons (Fsp3) is 0.357. The number of carbonyl (C=O) groups is 1. The lowest BCUT2D eigenvalue weighted by molar-refractivity contribution is -0.137. The second kappa shape index (κ2) is 9.26. The van der Waals surface area contributed by atoms with Gasteiger partial charge in [-0.3, -0.25) is 4.79 Å². The van der Waals surface area contributed by atoms with Crippen molar-refractivity contribution in [2.24, 2.45) is 5.73 Å². The molecule has 0 bridgehead atoms. The molecule has 0 unspecified atom stereocenters. The lowest BCUT2D eigenvalue weighted by Gasteiger charge is -2.09. The number of hydrogen-bond acceptors (Lipinski definition) is 3. The van der Waals surface area contributed by atoms with Gasteiger partial charge in [0.25, 0.3) is 0 Å². The van der Waals surface area contributed by atoms with Gasteiger partial charge in [0, 0.05) is 6.04 Å². The molecule has 5 heteroatoms. The topological polar surface area (TPSA) is 72.5 Å². The highest BCUT2D eigenvalue weighted by Gasteiger charge is 2.08. The first-order valence-electron chi connectivity index (χ1n) is 5.70. The molecule has 1 rings (SSSR count). The van der Waals surface area contributed by atoms with Crippen molar-refractivity contribution >= 4 is 18.4 Å². The molecule has 0 aliphatic rings. The third-order valence-corrected chi connectivity index (χ3v) is 2.35. The van der Waals surface area contributed by atoms with Crippen LogP contribution in [0, 0.1) is 11.8 Å². The van der Waals surface area contributed by atoms with Gasteiger partial charge in [0.1, 0.15) is 12.4 Å². The second-order valence-electron chi connectivity index (χ2n) is 3.92. The Morgan fingerprint density at radius 2 is 2.05 bits per heavy atom. The maximum Gasteiger partial charge on any atom is 0.304 e. The number of benzene rings is 1. The van der Waals surface area contributed by atoms with Gasteiger partial charge in [-0.1, -0.05) is 18.1 Å². The lowest BCUT2D eigenvalue weighted by Crippen LogP contribution is -2.26. The van der Waals surface area contributed by atoms with Gasteiger partial charge in [0.05, 0.1) is 6.42 Å². The predicted octanol–water partition coefficient (Wildman–Crippen LogP) is 1.85. The van der Waals surface area contributed by atoms with Crippen LogP contribution in [0.4, 0.5) is 0 Å². The van der Waals surface area contributed by atoms with Gasteiger partial charge in [0.15, 0.2) is 0 Å². The maximum atomic E-state index is 10.5. The fourth-order valence-electron chi connectivity index (χ4n) is 1.51. The molecule has 0 heterocycles. The molecule has 19 heavy (non-hydrogen) atoms. The van der Waals surface area contributed by atoms with Gasteiger partial charge in [-0.05, 0) is 31.0 Å². The number of aliphatic carboxylic acids is 1. The van der Waals surface area contributed by atoms with Crippen molar-refractivity contribution in [1.82, 2.24) is 0 Å². The van der Waals surface area contributed by atoms with Crippen LogP contribution in [0.3, 0.4) is 0 Å². The molecule has 0 radical (unpaired) electrons. The fourth-order valence-corrected chi connectivity index (χ4v) is 1.51. The average Bonchev–Trinajstić information content (AvgIpc) is 2.30. The Balaban J connectivity index is 0.00000324. The van der Waals surface area contributed by atoms with E-state index >= 15 is 0 Å². The van der Waals surface area contributed by atoms with E-state index in [0.717, 1.165) is 11.3 Å². The first kappa shape index (κ1) is 17.3. The first-order valence-corrected chi connectivity index (χ1v) is 5.70. The number of hydrogen-bond donors (Lipinski definition) is 2. The Labute approximate surface area is 119 Å². The normalized spacial score (nSPS) is 10.6. The Morgan fingerprint density at radius 3 is 2.58 bits per heavy atom. The lowest BCUT2D eigenvalue weighted by atomic mass is 10.0. The second-order valence-corrected chi connectivity index (χ2v) is 3.92. The summed E-state index contributed by atoms with van der Waals surface area (Å²) < 4.78 is 5.37. The Bertz CT molecular complexity index is 448. The van der Waals surface area contributed by atoms with Crippen molar-refractivity contribution < 1.29 is 14.6 Å². The van der Waals surface area contributed by atoms with Crippen molar-refractivity contribution in [1.29, 1.82) is 0 Å². The molecule has 104 valence electrons. The number of ether oxygens (including phenoxy) is 1. The molecule has 0 aliphatic carbocycles. The van der Waals surface area contributed by atoms with Crippen LogP contribution < -0.4 is 10.5 Å². The third-order valence-electron chi connectivity index (χ3n) is 2.35. The minimum Gasteiger partial charge on any atom is -0.481 e. The minimum absolute atomic E-state index is 0. The van der Waals surface area contributed by atoms with Crippen molar-refractivity contribution in [3.63, 3.8) is 0 Å². The smallest absolute Gasteiger partial charge is 0.304 e. The number of nitrogens with two attached hydrogens (primary N) is 1. The van der Waals surface area contributed by atoms with Crippen molar-refractivity contribution in [2.75, 3.05) is 6.61 Å². The minimum atomic E-state index is -0.874. The van der Waals surface area contributed by atoms with Gasteiger partial charge in [-0.25, -0.2) is 0 Å². The summed E-state index contributed by atoms with van der Waals surface area (Å²) in [7, 11) is 0. The molecular weight excluding hydrogens is 266 g/mol. The third kappa shape index (κ3) is 7.35. The first-order chi connectivity index (χ1) is 8.61. The molecule has 1 atom stereocenters. The van der Waals surface area contributed by atoms with Crippen LogP contribution in [0.2, 0.25) is 0 Å². The zero-order chi connectivity index (χ0) is 13.4. The van der Waals surface area contributed by atoms with Crippen LogP contribution in [0.1, 0.15) is 18.9 Å². The van der Waals surface area contributed by atoms with Gasteiger partial charge in [-0.15, -0.1) is 18.3 Å². The van der Waals surface area contributed by atoms with Crippen LogP contribution in [0.25, 0.3) is 0 Å². The molecule has 4 nitrogen and oxygen atoms in total. The number of carboxylic acid groups (broad SMARTS) is 1. The molecule has 1 aromatic rings. The molecule has 3 N–H and O–H groups in total. The van der Waals surface area contributed by atoms with E-state index in [0.29, 0.717) is 13.0 Å². The van der Waals surface area contributed by atoms with Crippen LogP contribution in [-0.4, -0.2) is 23.7 Å². The molecule has 0 fully saturated rings. The maximum absolute atomic E-state index is 10.5. The molecule has 0 saturated heterocycles. The van der Waals surface area contributed by atoms with E-state index in [1.54, 1.807) is 6.92 Å².